The topological polar surface area (TPSA) is 42.2 Å². The van der Waals surface area contributed by atoms with Gasteiger partial charge in [-0.25, -0.2) is 9.97 Å². The molecule has 1 aliphatic rings. The zero-order valence-corrected chi connectivity index (χ0v) is 16.5. The van der Waals surface area contributed by atoms with Gasteiger partial charge in [-0.3, -0.25) is 4.90 Å². The largest absolute Gasteiger partial charge is 0.460 e. The third-order valence-corrected chi connectivity index (χ3v) is 5.23. The third kappa shape index (κ3) is 3.89. The standard InChI is InChI=1S/C21H22BrN3O/c1-2-3-21-23-12-16-13-25(11-10-19(16)24-21)14-18-8-9-20(26-18)15-4-6-17(22)7-5-15/h4-9,12H,2-3,10-11,13-14H2,1H3. The van der Waals surface area contributed by atoms with Crippen LogP contribution in [0, 0.1) is 0 Å². The minimum absolute atomic E-state index is 0.812. The summed E-state index contributed by atoms with van der Waals surface area (Å²) in [5, 5.41) is 0. The van der Waals surface area contributed by atoms with Gasteiger partial charge in [-0.1, -0.05) is 35.0 Å². The summed E-state index contributed by atoms with van der Waals surface area (Å²) in [7, 11) is 0. The van der Waals surface area contributed by atoms with Crippen molar-refractivity contribution < 1.29 is 4.42 Å². The number of fused-ring (bicyclic) bond motifs is 1. The molecule has 3 heterocycles. The Morgan fingerprint density at radius 2 is 2.00 bits per heavy atom. The molecule has 0 atom stereocenters. The number of hydrogen-bond acceptors (Lipinski definition) is 4. The minimum atomic E-state index is 0.812. The minimum Gasteiger partial charge on any atom is -0.460 e. The molecule has 1 aromatic carbocycles. The molecule has 0 saturated heterocycles. The maximum absolute atomic E-state index is 6.06. The first-order valence-corrected chi connectivity index (χ1v) is 9.91. The molecule has 0 fully saturated rings. The molecular weight excluding hydrogens is 390 g/mol. The fraction of sp³-hybridized carbons (Fsp3) is 0.333. The SMILES string of the molecule is CCCc1ncc2c(n1)CCN(Cc1ccc(-c3ccc(Br)cc3)o1)C2. The number of benzene rings is 1. The second-order valence-electron chi connectivity index (χ2n) is 6.74. The first-order chi connectivity index (χ1) is 12.7. The van der Waals surface area contributed by atoms with Gasteiger partial charge in [-0.05, 0) is 30.7 Å². The van der Waals surface area contributed by atoms with Gasteiger partial charge in [0.15, 0.2) is 0 Å². The normalized spacial score (nSPS) is 14.4. The Labute approximate surface area is 162 Å². The van der Waals surface area contributed by atoms with Crippen molar-refractivity contribution in [2.45, 2.75) is 39.3 Å². The van der Waals surface area contributed by atoms with Crippen LogP contribution in [-0.4, -0.2) is 21.4 Å². The van der Waals surface area contributed by atoms with E-state index >= 15 is 0 Å². The van der Waals surface area contributed by atoms with E-state index in [0.717, 1.165) is 66.3 Å². The average molecular weight is 412 g/mol. The molecule has 0 unspecified atom stereocenters. The van der Waals surface area contributed by atoms with E-state index < -0.39 is 0 Å². The van der Waals surface area contributed by atoms with Gasteiger partial charge in [0.25, 0.3) is 0 Å². The van der Waals surface area contributed by atoms with Gasteiger partial charge < -0.3 is 4.42 Å². The van der Waals surface area contributed by atoms with Crippen molar-refractivity contribution in [3.8, 4) is 11.3 Å². The van der Waals surface area contributed by atoms with Crippen molar-refractivity contribution >= 4 is 15.9 Å². The van der Waals surface area contributed by atoms with Gasteiger partial charge >= 0.3 is 0 Å². The van der Waals surface area contributed by atoms with E-state index in [9.17, 15) is 0 Å². The Hall–Kier alpha value is -1.98. The van der Waals surface area contributed by atoms with E-state index in [1.807, 2.05) is 18.3 Å². The number of furan rings is 1. The van der Waals surface area contributed by atoms with Crippen LogP contribution in [-0.2, 0) is 25.9 Å². The number of aromatic nitrogens is 2. The Morgan fingerprint density at radius 1 is 1.15 bits per heavy atom. The van der Waals surface area contributed by atoms with Crippen molar-refractivity contribution in [1.29, 1.82) is 0 Å². The van der Waals surface area contributed by atoms with Crippen molar-refractivity contribution in [1.82, 2.24) is 14.9 Å². The molecule has 0 radical (unpaired) electrons. The molecule has 134 valence electrons. The van der Waals surface area contributed by atoms with Gasteiger partial charge in [0.2, 0.25) is 0 Å². The van der Waals surface area contributed by atoms with Crippen LogP contribution < -0.4 is 0 Å². The Balaban J connectivity index is 1.43. The van der Waals surface area contributed by atoms with E-state index in [2.05, 4.69) is 57.0 Å². The average Bonchev–Trinajstić information content (AvgIpc) is 3.11. The lowest BCUT2D eigenvalue weighted by atomic mass is 10.1. The van der Waals surface area contributed by atoms with Crippen LogP contribution in [0.3, 0.4) is 0 Å². The lowest BCUT2D eigenvalue weighted by Crippen LogP contribution is -2.31. The van der Waals surface area contributed by atoms with Crippen LogP contribution in [0.25, 0.3) is 11.3 Å². The number of aryl methyl sites for hydroxylation is 1. The maximum Gasteiger partial charge on any atom is 0.134 e. The van der Waals surface area contributed by atoms with E-state index in [-0.39, 0.29) is 0 Å². The zero-order valence-electron chi connectivity index (χ0n) is 14.9. The number of nitrogens with zero attached hydrogens (tertiary/aromatic N) is 3. The van der Waals surface area contributed by atoms with Crippen molar-refractivity contribution in [2.24, 2.45) is 0 Å². The fourth-order valence-corrected chi connectivity index (χ4v) is 3.61. The van der Waals surface area contributed by atoms with Gasteiger partial charge in [0.1, 0.15) is 17.3 Å². The molecule has 0 N–H and O–H groups in total. The number of halogens is 1. The van der Waals surface area contributed by atoms with Crippen LogP contribution in [0.15, 0.2) is 51.5 Å². The first-order valence-electron chi connectivity index (χ1n) is 9.12. The highest BCUT2D eigenvalue weighted by molar-refractivity contribution is 9.10. The summed E-state index contributed by atoms with van der Waals surface area (Å²) >= 11 is 3.47. The summed E-state index contributed by atoms with van der Waals surface area (Å²) in [6.45, 7) is 4.86. The Kier molecular flexibility index (Phi) is 5.18. The summed E-state index contributed by atoms with van der Waals surface area (Å²) in [4.78, 5) is 11.6. The van der Waals surface area contributed by atoms with Gasteiger partial charge in [0, 0.05) is 53.4 Å². The summed E-state index contributed by atoms with van der Waals surface area (Å²) in [6.07, 6.45) is 5.04. The van der Waals surface area contributed by atoms with Crippen LogP contribution in [0.5, 0.6) is 0 Å². The van der Waals surface area contributed by atoms with E-state index in [4.69, 9.17) is 9.40 Å². The van der Waals surface area contributed by atoms with Crippen molar-refractivity contribution in [3.63, 3.8) is 0 Å². The monoisotopic (exact) mass is 411 g/mol. The van der Waals surface area contributed by atoms with E-state index in [1.54, 1.807) is 0 Å². The molecule has 5 heteroatoms. The summed E-state index contributed by atoms with van der Waals surface area (Å²) in [5.41, 5.74) is 3.56. The third-order valence-electron chi connectivity index (χ3n) is 4.71. The summed E-state index contributed by atoms with van der Waals surface area (Å²) in [6, 6.07) is 12.3. The summed E-state index contributed by atoms with van der Waals surface area (Å²) < 4.78 is 7.14. The second kappa shape index (κ2) is 7.72. The molecule has 26 heavy (non-hydrogen) atoms. The molecule has 0 saturated carbocycles. The smallest absolute Gasteiger partial charge is 0.134 e. The van der Waals surface area contributed by atoms with Crippen LogP contribution in [0.1, 0.15) is 36.2 Å². The first kappa shape index (κ1) is 17.4. The van der Waals surface area contributed by atoms with Crippen molar-refractivity contribution in [3.05, 3.63) is 69.9 Å². The van der Waals surface area contributed by atoms with Crippen LogP contribution >= 0.6 is 15.9 Å². The van der Waals surface area contributed by atoms with Crippen LogP contribution in [0.2, 0.25) is 0 Å². The highest BCUT2D eigenvalue weighted by Crippen LogP contribution is 2.26. The molecule has 0 spiro atoms. The lowest BCUT2D eigenvalue weighted by molar-refractivity contribution is 0.224. The molecule has 2 aromatic heterocycles. The van der Waals surface area contributed by atoms with E-state index in [1.165, 1.54) is 11.3 Å². The molecule has 0 aliphatic carbocycles. The molecule has 4 nitrogen and oxygen atoms in total. The fourth-order valence-electron chi connectivity index (χ4n) is 3.35. The molecule has 0 bridgehead atoms. The lowest BCUT2D eigenvalue weighted by Gasteiger charge is -2.27. The maximum atomic E-state index is 6.06. The predicted molar refractivity (Wildman–Crippen MR) is 106 cm³/mol. The number of hydrogen-bond donors (Lipinski definition) is 0. The molecule has 1 aliphatic heterocycles. The molecule has 0 amide bonds. The quantitative estimate of drug-likeness (QED) is 0.591. The number of rotatable bonds is 5. The predicted octanol–water partition coefficient (Wildman–Crippen LogP) is 5.01. The zero-order chi connectivity index (χ0) is 17.9. The summed E-state index contributed by atoms with van der Waals surface area (Å²) in [5.74, 6) is 2.89. The van der Waals surface area contributed by atoms with E-state index in [0.29, 0.717) is 0 Å². The second-order valence-corrected chi connectivity index (χ2v) is 7.66. The van der Waals surface area contributed by atoms with Gasteiger partial charge in [-0.15, -0.1) is 0 Å². The highest BCUT2D eigenvalue weighted by Gasteiger charge is 2.19. The Morgan fingerprint density at radius 3 is 2.81 bits per heavy atom. The molecule has 4 rings (SSSR count). The highest BCUT2D eigenvalue weighted by atomic mass is 79.9. The van der Waals surface area contributed by atoms with Crippen LogP contribution in [0.4, 0.5) is 0 Å². The van der Waals surface area contributed by atoms with Gasteiger partial charge in [0.05, 0.1) is 6.54 Å². The molecular formula is C21H22BrN3O. The molecule has 3 aromatic rings. The Bertz CT molecular complexity index is 889. The van der Waals surface area contributed by atoms with Crippen molar-refractivity contribution in [2.75, 3.05) is 6.54 Å². The van der Waals surface area contributed by atoms with Gasteiger partial charge in [-0.2, -0.15) is 0 Å².